The average molecular weight is 1250 g/mol. The molecule has 0 unspecified atom stereocenters. The first-order chi connectivity index (χ1) is 39.3. The molecule has 35 heteroatoms. The molecule has 0 bridgehead atoms. The minimum absolute atomic E-state index is 0.0279. The van der Waals surface area contributed by atoms with Crippen LogP contribution in [0.2, 0.25) is 0 Å². The highest BCUT2D eigenvalue weighted by molar-refractivity contribution is 7.92. The van der Waals surface area contributed by atoms with Crippen molar-refractivity contribution in [1.29, 1.82) is 0 Å². The first kappa shape index (κ1) is 60.9. The van der Waals surface area contributed by atoms with Crippen LogP contribution in [0.5, 0.6) is 11.5 Å². The van der Waals surface area contributed by atoms with Crippen molar-refractivity contribution < 1.29 is 89.0 Å². The Bertz CT molecular complexity index is 4500. The molecule has 0 heterocycles. The van der Waals surface area contributed by atoms with Crippen LogP contribution >= 0.6 is 12.3 Å². The molecule has 432 valence electrons. The van der Waals surface area contributed by atoms with Crippen LogP contribution < -0.4 is 5.32 Å². The second kappa shape index (κ2) is 25.6. The summed E-state index contributed by atoms with van der Waals surface area (Å²) in [5.41, 5.74) is 1.25. The number of benzene rings is 8. The topological polar surface area (TPSA) is 440 Å². The van der Waals surface area contributed by atoms with E-state index in [2.05, 4.69) is 59.8 Å². The van der Waals surface area contributed by atoms with E-state index in [1.165, 1.54) is 115 Å². The van der Waals surface area contributed by atoms with Crippen LogP contribution in [0.15, 0.2) is 206 Å². The Hall–Kier alpha value is -8.14. The SMILES string of the molecule is O=S(=O)(O)OCCS(=O)(=O)c1ccc(N=Nc2ccc(N=Nc3ccc(Nc4ccc(N=Nc5ccc(N=Nc6ccc(S(=O)(=O)CCOSOOO)cc6)c6ccc(S(=O)(=O)O)cc56)c(O)c4)cc3O)c3cccc(S(=O)(=O)O)c23)cc1. The number of azo groups is 4. The van der Waals surface area contributed by atoms with Crippen molar-refractivity contribution in [3.63, 3.8) is 0 Å². The molecule has 8 aromatic carbocycles. The van der Waals surface area contributed by atoms with Crippen LogP contribution in [-0.4, -0.2) is 95.9 Å². The zero-order chi connectivity index (χ0) is 59.7. The largest absolute Gasteiger partial charge is 0.506 e. The molecule has 0 aliphatic rings. The Morgan fingerprint density at radius 2 is 0.904 bits per heavy atom. The molecule has 0 saturated heterocycles. The molecule has 0 aromatic heterocycles. The molecule has 0 fully saturated rings. The number of sulfone groups is 2. The Morgan fingerprint density at radius 3 is 1.41 bits per heavy atom. The van der Waals surface area contributed by atoms with Gasteiger partial charge in [0.2, 0.25) is 0 Å². The highest BCUT2D eigenvalue weighted by Crippen LogP contribution is 2.42. The van der Waals surface area contributed by atoms with Crippen molar-refractivity contribution >= 4 is 141 Å². The fourth-order valence-electron chi connectivity index (χ4n) is 7.47. The molecular weight excluding hydrogens is 1210 g/mol. The van der Waals surface area contributed by atoms with Gasteiger partial charge in [-0.2, -0.15) is 35.5 Å². The molecule has 0 saturated carbocycles. The smallest absolute Gasteiger partial charge is 0.397 e. The number of hydrogen-bond acceptors (Lipinski definition) is 27. The summed E-state index contributed by atoms with van der Waals surface area (Å²) in [4.78, 5) is -1.30. The molecule has 7 N–H and O–H groups in total. The van der Waals surface area contributed by atoms with Crippen molar-refractivity contribution in [1.82, 2.24) is 0 Å². The molecular formula is C48H39N9O20S6. The zero-order valence-electron chi connectivity index (χ0n) is 41.6. The number of hydrogen-bond donors (Lipinski definition) is 7. The van der Waals surface area contributed by atoms with Gasteiger partial charge in [-0.3, -0.25) is 17.8 Å². The lowest BCUT2D eigenvalue weighted by Gasteiger charge is -2.10. The lowest BCUT2D eigenvalue weighted by Crippen LogP contribution is -2.15. The Morgan fingerprint density at radius 1 is 0.446 bits per heavy atom. The summed E-state index contributed by atoms with van der Waals surface area (Å²) in [5.74, 6) is -1.93. The second-order valence-corrected chi connectivity index (χ2v) is 25.4. The summed E-state index contributed by atoms with van der Waals surface area (Å²) < 4.78 is 163. The summed E-state index contributed by atoms with van der Waals surface area (Å²) in [5, 5.41) is 70.3. The summed E-state index contributed by atoms with van der Waals surface area (Å²) in [6.45, 7) is -1.13. The Balaban J connectivity index is 0.963. The van der Waals surface area contributed by atoms with Crippen LogP contribution in [0.1, 0.15) is 0 Å². The maximum atomic E-state index is 12.7. The quantitative estimate of drug-likeness (QED) is 0.00738. The summed E-state index contributed by atoms with van der Waals surface area (Å²) in [6, 6.07) is 31.9. The highest BCUT2D eigenvalue weighted by Gasteiger charge is 2.21. The van der Waals surface area contributed by atoms with Gasteiger partial charge in [-0.25, -0.2) is 26.3 Å². The minimum atomic E-state index is -4.87. The van der Waals surface area contributed by atoms with E-state index in [4.69, 9.17) is 14.0 Å². The third-order valence-electron chi connectivity index (χ3n) is 11.3. The number of anilines is 2. The number of nitrogens with zero attached hydrogens (tertiary/aromatic N) is 8. The summed E-state index contributed by atoms with van der Waals surface area (Å²) >= 11 is 0.237. The predicted molar refractivity (Wildman–Crippen MR) is 297 cm³/mol. The zero-order valence-corrected chi connectivity index (χ0v) is 46.5. The third kappa shape index (κ3) is 15.9. The Labute approximate surface area is 474 Å². The van der Waals surface area contributed by atoms with Crippen molar-refractivity contribution in [2.45, 2.75) is 19.6 Å². The molecule has 8 aromatic rings. The summed E-state index contributed by atoms with van der Waals surface area (Å²) in [7, 11) is -22.3. The van der Waals surface area contributed by atoms with Crippen LogP contribution in [0, 0.1) is 0 Å². The van der Waals surface area contributed by atoms with Gasteiger partial charge in [0.1, 0.15) is 27.8 Å². The van der Waals surface area contributed by atoms with Crippen molar-refractivity contribution in [2.75, 3.05) is 30.0 Å². The van der Waals surface area contributed by atoms with Gasteiger partial charge in [0, 0.05) is 45.1 Å². The van der Waals surface area contributed by atoms with E-state index in [-0.39, 0.29) is 102 Å². The molecule has 29 nitrogen and oxygen atoms in total. The van der Waals surface area contributed by atoms with Crippen molar-refractivity contribution in [3.05, 3.63) is 146 Å². The maximum absolute atomic E-state index is 12.7. The van der Waals surface area contributed by atoms with E-state index in [0.29, 0.717) is 16.8 Å². The van der Waals surface area contributed by atoms with E-state index in [0.717, 1.165) is 30.3 Å². The third-order valence-corrected chi connectivity index (χ3v) is 17.3. The van der Waals surface area contributed by atoms with Crippen LogP contribution in [0.25, 0.3) is 21.5 Å². The van der Waals surface area contributed by atoms with Crippen LogP contribution in [0.4, 0.5) is 56.9 Å². The van der Waals surface area contributed by atoms with Crippen molar-refractivity contribution in [2.24, 2.45) is 40.9 Å². The standard InChI is InChI=1S/C48H39N9O20S6/c58-45-26-31(8-16-42(45)55-53-40-20-21-44(48-37(40)2-1-3-47(48)82(68,69)70)57-51-30-6-12-34(13-7-30)80(63,64)25-23-75-83(71,72)73)49-32-9-17-43(46(59)27-32)56-54-41-19-18-39(36-15-14-35(28-38(36)41)81(65,66)67)52-50-29-4-10-33(11-5-29)79(61,62)24-22-74-78-77-76-60/h1-21,26-28,49,58-60H,22-25H2,(H,65,66,67)(H,68,69,70)(H,71,72,73). The molecule has 83 heavy (non-hydrogen) atoms. The number of nitrogens with one attached hydrogen (secondary N) is 1. The van der Waals surface area contributed by atoms with E-state index in [1.54, 1.807) is 0 Å². The second-order valence-electron chi connectivity index (χ2n) is 16.8. The van der Waals surface area contributed by atoms with Gasteiger partial charge in [0.15, 0.2) is 32.0 Å². The molecule has 0 atom stereocenters. The monoisotopic (exact) mass is 1250 g/mol. The van der Waals surface area contributed by atoms with Gasteiger partial charge in [-0.15, -0.1) is 35.0 Å². The molecule has 0 aliphatic carbocycles. The lowest BCUT2D eigenvalue weighted by atomic mass is 10.1. The van der Waals surface area contributed by atoms with Crippen LogP contribution in [0.3, 0.4) is 0 Å². The lowest BCUT2D eigenvalue weighted by molar-refractivity contribution is -0.434. The first-order valence-electron chi connectivity index (χ1n) is 23.0. The molecule has 0 radical (unpaired) electrons. The van der Waals surface area contributed by atoms with E-state index in [9.17, 15) is 61.4 Å². The first-order valence-corrected chi connectivity index (χ1v) is 31.2. The molecule has 0 amide bonds. The number of fused-ring (bicyclic) bond motifs is 2. The average Bonchev–Trinajstić information content (AvgIpc) is 3.62. The van der Waals surface area contributed by atoms with Crippen molar-refractivity contribution in [3.8, 4) is 11.5 Å². The fourth-order valence-corrected chi connectivity index (χ4v) is 11.6. The van der Waals surface area contributed by atoms with Gasteiger partial charge in [-0.1, -0.05) is 23.2 Å². The normalized spacial score (nSPS) is 12.9. The Kier molecular flexibility index (Phi) is 18.8. The van der Waals surface area contributed by atoms with E-state index >= 15 is 0 Å². The van der Waals surface area contributed by atoms with Gasteiger partial charge in [-0.05, 0) is 115 Å². The molecule has 8 rings (SSSR count). The van der Waals surface area contributed by atoms with Gasteiger partial charge >= 0.3 is 10.4 Å². The number of aromatic hydroxyl groups is 2. The van der Waals surface area contributed by atoms with E-state index in [1.807, 2.05) is 0 Å². The van der Waals surface area contributed by atoms with Gasteiger partial charge in [0.05, 0.1) is 73.5 Å². The van der Waals surface area contributed by atoms with E-state index < -0.39 is 78.2 Å². The number of rotatable bonds is 24. The van der Waals surface area contributed by atoms with Crippen LogP contribution in [-0.2, 0) is 68.0 Å². The molecule has 0 spiro atoms. The van der Waals surface area contributed by atoms with Gasteiger partial charge < -0.3 is 15.5 Å². The highest BCUT2D eigenvalue weighted by atomic mass is 32.3. The summed E-state index contributed by atoms with van der Waals surface area (Å²) in [6.07, 6.45) is 0. The van der Waals surface area contributed by atoms with Gasteiger partial charge in [0.25, 0.3) is 20.2 Å². The minimum Gasteiger partial charge on any atom is -0.506 e. The predicted octanol–water partition coefficient (Wildman–Crippen LogP) is 11.7. The molecule has 0 aliphatic heterocycles. The maximum Gasteiger partial charge on any atom is 0.397 e. The fraction of sp³-hybridized carbons (Fsp3) is 0.0833. The number of phenols is 2. The number of phenolic OH excluding ortho intramolecular Hbond substituents is 2.